The molecule has 0 fully saturated rings. The molecule has 0 bridgehead atoms. The average molecular weight is 309 g/mol. The second kappa shape index (κ2) is 7.91. The normalized spacial score (nSPS) is 9.59. The van der Waals surface area contributed by atoms with E-state index in [1.165, 1.54) is 0 Å². The fourth-order valence-corrected chi connectivity index (χ4v) is 2.16. The number of carbonyl (C=O) groups is 1. The summed E-state index contributed by atoms with van der Waals surface area (Å²) in [6.45, 7) is 0. The molecule has 110 valence electrons. The first kappa shape index (κ1) is 15.7. The highest BCUT2D eigenvalue weighted by molar-refractivity contribution is 7.80. The first-order valence-electron chi connectivity index (χ1n) is 6.83. The van der Waals surface area contributed by atoms with Gasteiger partial charge < -0.3 is 10.6 Å². The van der Waals surface area contributed by atoms with E-state index in [-0.39, 0.29) is 11.0 Å². The Morgan fingerprint density at radius 3 is 2.50 bits per heavy atom. The van der Waals surface area contributed by atoms with E-state index in [0.29, 0.717) is 24.1 Å². The molecule has 2 aromatic carbocycles. The quantitative estimate of drug-likeness (QED) is 0.852. The molecule has 0 aliphatic carbocycles. The third kappa shape index (κ3) is 4.69. The van der Waals surface area contributed by atoms with Crippen LogP contribution in [0.15, 0.2) is 54.6 Å². The molecule has 2 aromatic rings. The van der Waals surface area contributed by atoms with E-state index in [1.807, 2.05) is 30.3 Å². The van der Waals surface area contributed by atoms with Gasteiger partial charge in [0.2, 0.25) is 5.91 Å². The molecule has 0 heterocycles. The zero-order chi connectivity index (χ0) is 15.8. The topological polar surface area (TPSA) is 64.9 Å². The van der Waals surface area contributed by atoms with Crippen molar-refractivity contribution in [1.82, 2.24) is 5.32 Å². The Morgan fingerprint density at radius 2 is 1.77 bits per heavy atom. The second-order valence-electron chi connectivity index (χ2n) is 4.65. The predicted molar refractivity (Wildman–Crippen MR) is 90.3 cm³/mol. The molecule has 22 heavy (non-hydrogen) atoms. The molecule has 0 saturated heterocycles. The summed E-state index contributed by atoms with van der Waals surface area (Å²) in [6.07, 6.45) is 1.01. The van der Waals surface area contributed by atoms with Crippen LogP contribution in [0.25, 0.3) is 0 Å². The monoisotopic (exact) mass is 309 g/mol. The van der Waals surface area contributed by atoms with Gasteiger partial charge in [-0.3, -0.25) is 4.79 Å². The van der Waals surface area contributed by atoms with Gasteiger partial charge in [-0.15, -0.1) is 0 Å². The van der Waals surface area contributed by atoms with Crippen LogP contribution in [0.1, 0.15) is 17.5 Å². The number of hydrogen-bond acceptors (Lipinski definition) is 3. The highest BCUT2D eigenvalue weighted by atomic mass is 32.1. The number of benzene rings is 2. The molecule has 1 amide bonds. The third-order valence-electron chi connectivity index (χ3n) is 3.03. The van der Waals surface area contributed by atoms with Crippen molar-refractivity contribution < 1.29 is 4.79 Å². The van der Waals surface area contributed by atoms with Gasteiger partial charge in [0, 0.05) is 6.42 Å². The van der Waals surface area contributed by atoms with Crippen LogP contribution in [0.4, 0.5) is 5.69 Å². The van der Waals surface area contributed by atoms with E-state index in [4.69, 9.17) is 17.5 Å². The molecule has 4 nitrogen and oxygen atoms in total. The minimum Gasteiger partial charge on any atom is -0.331 e. The summed E-state index contributed by atoms with van der Waals surface area (Å²) < 4.78 is 0. The van der Waals surface area contributed by atoms with Gasteiger partial charge in [-0.2, -0.15) is 5.26 Å². The predicted octanol–water partition coefficient (Wildman–Crippen LogP) is 3.00. The Morgan fingerprint density at radius 1 is 1.09 bits per heavy atom. The van der Waals surface area contributed by atoms with Crippen molar-refractivity contribution in [3.05, 3.63) is 65.7 Å². The van der Waals surface area contributed by atoms with Gasteiger partial charge in [-0.1, -0.05) is 42.5 Å². The Balaban J connectivity index is 1.84. The Bertz CT molecular complexity index is 707. The van der Waals surface area contributed by atoms with Crippen LogP contribution in [-0.4, -0.2) is 11.0 Å². The summed E-state index contributed by atoms with van der Waals surface area (Å²) in [4.78, 5) is 11.9. The molecule has 0 saturated carbocycles. The number of amides is 1. The summed E-state index contributed by atoms with van der Waals surface area (Å²) in [6, 6.07) is 18.8. The summed E-state index contributed by atoms with van der Waals surface area (Å²) >= 11 is 5.10. The van der Waals surface area contributed by atoms with E-state index in [0.717, 1.165) is 5.56 Å². The number of nitrogens with one attached hydrogen (secondary N) is 2. The summed E-state index contributed by atoms with van der Waals surface area (Å²) in [5.41, 5.74) is 2.16. The van der Waals surface area contributed by atoms with Crippen LogP contribution < -0.4 is 10.6 Å². The van der Waals surface area contributed by atoms with Gasteiger partial charge in [-0.05, 0) is 36.3 Å². The molecule has 0 atom stereocenters. The number of hydrogen-bond donors (Lipinski definition) is 2. The van der Waals surface area contributed by atoms with E-state index < -0.39 is 0 Å². The lowest BCUT2D eigenvalue weighted by Crippen LogP contribution is -2.34. The number of anilines is 1. The standard InChI is InChI=1S/C17H15N3OS/c18-12-14-8-4-5-9-15(14)19-17(22)20-16(21)11-10-13-6-2-1-3-7-13/h1-9H,10-11H2,(H2,19,20,21,22). The van der Waals surface area contributed by atoms with Crippen LogP contribution in [0.2, 0.25) is 0 Å². The molecule has 0 aliphatic heterocycles. The maximum absolute atomic E-state index is 11.9. The Kier molecular flexibility index (Phi) is 5.64. The third-order valence-corrected chi connectivity index (χ3v) is 3.24. The molecule has 0 radical (unpaired) electrons. The second-order valence-corrected chi connectivity index (χ2v) is 5.05. The van der Waals surface area contributed by atoms with Crippen molar-refractivity contribution in [2.24, 2.45) is 0 Å². The van der Waals surface area contributed by atoms with Crippen molar-refractivity contribution >= 4 is 28.9 Å². The minimum atomic E-state index is -0.157. The lowest BCUT2D eigenvalue weighted by molar-refractivity contribution is -0.119. The molecule has 0 aromatic heterocycles. The molecule has 0 unspecified atom stereocenters. The number of aryl methyl sites for hydroxylation is 1. The summed E-state index contributed by atoms with van der Waals surface area (Å²) in [7, 11) is 0. The molecule has 5 heteroatoms. The maximum atomic E-state index is 11.9. The van der Waals surface area contributed by atoms with Gasteiger partial charge in [0.15, 0.2) is 5.11 Å². The number of thiocarbonyl (C=S) groups is 1. The first-order chi connectivity index (χ1) is 10.7. The smallest absolute Gasteiger partial charge is 0.226 e. The van der Waals surface area contributed by atoms with Gasteiger partial charge in [-0.25, -0.2) is 0 Å². The minimum absolute atomic E-state index is 0.157. The average Bonchev–Trinajstić information content (AvgIpc) is 2.54. The lowest BCUT2D eigenvalue weighted by atomic mass is 10.1. The number of rotatable bonds is 4. The largest absolute Gasteiger partial charge is 0.331 e. The fourth-order valence-electron chi connectivity index (χ4n) is 1.93. The molecule has 0 spiro atoms. The van der Waals surface area contributed by atoms with Crippen molar-refractivity contribution in [3.63, 3.8) is 0 Å². The van der Waals surface area contributed by atoms with Crippen LogP contribution in [0.5, 0.6) is 0 Å². The van der Waals surface area contributed by atoms with Crippen LogP contribution >= 0.6 is 12.2 Å². The van der Waals surface area contributed by atoms with Crippen LogP contribution in [-0.2, 0) is 11.2 Å². The van der Waals surface area contributed by atoms with Crippen LogP contribution in [0.3, 0.4) is 0 Å². The number of nitriles is 1. The number of para-hydroxylation sites is 1. The maximum Gasteiger partial charge on any atom is 0.226 e. The van der Waals surface area contributed by atoms with Crippen molar-refractivity contribution in [2.75, 3.05) is 5.32 Å². The van der Waals surface area contributed by atoms with E-state index in [2.05, 4.69) is 16.7 Å². The van der Waals surface area contributed by atoms with Crippen LogP contribution in [0, 0.1) is 11.3 Å². The molecule has 2 N–H and O–H groups in total. The highest BCUT2D eigenvalue weighted by Gasteiger charge is 2.07. The number of nitrogens with zero attached hydrogens (tertiary/aromatic N) is 1. The molecule has 2 rings (SSSR count). The van der Waals surface area contributed by atoms with Crippen molar-refractivity contribution in [2.45, 2.75) is 12.8 Å². The Hall–Kier alpha value is -2.71. The van der Waals surface area contributed by atoms with Gasteiger partial charge in [0.05, 0.1) is 11.3 Å². The fraction of sp³-hybridized carbons (Fsp3) is 0.118. The Labute approximate surface area is 134 Å². The van der Waals surface area contributed by atoms with E-state index in [1.54, 1.807) is 24.3 Å². The molecule has 0 aliphatic rings. The van der Waals surface area contributed by atoms with Gasteiger partial charge in [0.1, 0.15) is 6.07 Å². The lowest BCUT2D eigenvalue weighted by Gasteiger charge is -2.10. The van der Waals surface area contributed by atoms with E-state index >= 15 is 0 Å². The highest BCUT2D eigenvalue weighted by Crippen LogP contribution is 2.13. The van der Waals surface area contributed by atoms with E-state index in [9.17, 15) is 4.79 Å². The van der Waals surface area contributed by atoms with Gasteiger partial charge in [0.25, 0.3) is 0 Å². The van der Waals surface area contributed by atoms with Gasteiger partial charge >= 0.3 is 0 Å². The number of carbonyl (C=O) groups excluding carboxylic acids is 1. The van der Waals surface area contributed by atoms with Crippen molar-refractivity contribution in [3.8, 4) is 6.07 Å². The zero-order valence-corrected chi connectivity index (χ0v) is 12.7. The summed E-state index contributed by atoms with van der Waals surface area (Å²) in [5.74, 6) is -0.157. The zero-order valence-electron chi connectivity index (χ0n) is 11.9. The SMILES string of the molecule is N#Cc1ccccc1NC(=S)NC(=O)CCc1ccccc1. The summed E-state index contributed by atoms with van der Waals surface area (Å²) in [5, 5.41) is 14.7. The molecular weight excluding hydrogens is 294 g/mol. The molecular formula is C17H15N3OS. The first-order valence-corrected chi connectivity index (χ1v) is 7.24. The van der Waals surface area contributed by atoms with Crippen molar-refractivity contribution in [1.29, 1.82) is 5.26 Å².